The summed E-state index contributed by atoms with van der Waals surface area (Å²) in [5, 5.41) is 2.08. The minimum Gasteiger partial charge on any atom is -0.355 e. The van der Waals surface area contributed by atoms with Gasteiger partial charge in [-0.25, -0.2) is 4.79 Å². The third kappa shape index (κ3) is 1.55. The number of rotatable bonds is 4. The van der Waals surface area contributed by atoms with Gasteiger partial charge in [0.2, 0.25) is 12.5 Å². The van der Waals surface area contributed by atoms with Crippen LogP contribution in [0.4, 0.5) is 4.79 Å². The molecule has 2 unspecified atom stereocenters. The van der Waals surface area contributed by atoms with E-state index in [1.807, 2.05) is 0 Å². The standard InChI is InChI=1S/C7H14N2O5/c1-11-5-6(12-2)9(14-4)7(10)8(5)13-3/h5-6H,1-4H3. The maximum Gasteiger partial charge on any atom is 0.373 e. The lowest BCUT2D eigenvalue weighted by atomic mass is 10.5. The maximum absolute atomic E-state index is 11.5. The van der Waals surface area contributed by atoms with Crippen molar-refractivity contribution in [2.24, 2.45) is 0 Å². The fourth-order valence-electron chi connectivity index (χ4n) is 1.33. The van der Waals surface area contributed by atoms with Crippen LogP contribution in [0, 0.1) is 0 Å². The zero-order valence-electron chi connectivity index (χ0n) is 8.59. The van der Waals surface area contributed by atoms with Gasteiger partial charge in [0.15, 0.2) is 0 Å². The van der Waals surface area contributed by atoms with E-state index in [-0.39, 0.29) is 0 Å². The highest BCUT2D eigenvalue weighted by Crippen LogP contribution is 2.23. The van der Waals surface area contributed by atoms with E-state index in [0.717, 1.165) is 10.1 Å². The SMILES string of the molecule is COC1C(OC)N(OC)C(=O)N1OC. The third-order valence-electron chi connectivity index (χ3n) is 1.96. The average Bonchev–Trinajstić information content (AvgIpc) is 2.48. The van der Waals surface area contributed by atoms with Crippen molar-refractivity contribution in [1.82, 2.24) is 10.1 Å². The summed E-state index contributed by atoms with van der Waals surface area (Å²) in [4.78, 5) is 21.2. The highest BCUT2D eigenvalue weighted by Gasteiger charge is 2.48. The van der Waals surface area contributed by atoms with Crippen LogP contribution in [0.3, 0.4) is 0 Å². The third-order valence-corrected chi connectivity index (χ3v) is 1.96. The molecule has 7 nitrogen and oxygen atoms in total. The van der Waals surface area contributed by atoms with Gasteiger partial charge in [-0.15, -0.1) is 0 Å². The number of hydrogen-bond acceptors (Lipinski definition) is 5. The van der Waals surface area contributed by atoms with E-state index in [4.69, 9.17) is 19.1 Å². The first-order valence-corrected chi connectivity index (χ1v) is 3.97. The highest BCUT2D eigenvalue weighted by atomic mass is 16.8. The second kappa shape index (κ2) is 4.56. The monoisotopic (exact) mass is 206 g/mol. The van der Waals surface area contributed by atoms with Crippen LogP contribution >= 0.6 is 0 Å². The Kier molecular flexibility index (Phi) is 3.64. The Morgan fingerprint density at radius 1 is 0.929 bits per heavy atom. The number of carbonyl (C=O) groups is 1. The summed E-state index contributed by atoms with van der Waals surface area (Å²) in [6, 6.07) is -0.464. The molecule has 7 heteroatoms. The maximum atomic E-state index is 11.5. The molecule has 1 heterocycles. The van der Waals surface area contributed by atoms with E-state index < -0.39 is 18.5 Å². The van der Waals surface area contributed by atoms with Crippen molar-refractivity contribution in [2.75, 3.05) is 28.4 Å². The molecule has 0 aliphatic carbocycles. The quantitative estimate of drug-likeness (QED) is 0.637. The summed E-state index contributed by atoms with van der Waals surface area (Å²) in [6.45, 7) is 0. The van der Waals surface area contributed by atoms with Crippen molar-refractivity contribution in [3.63, 3.8) is 0 Å². The molecule has 0 saturated carbocycles. The first kappa shape index (κ1) is 11.2. The van der Waals surface area contributed by atoms with Gasteiger partial charge in [-0.3, -0.25) is 9.68 Å². The van der Waals surface area contributed by atoms with Crippen LogP contribution in [0.1, 0.15) is 0 Å². The van der Waals surface area contributed by atoms with Crippen LogP contribution in [-0.4, -0.2) is 57.1 Å². The smallest absolute Gasteiger partial charge is 0.355 e. The number of urea groups is 1. The van der Waals surface area contributed by atoms with E-state index in [1.54, 1.807) is 0 Å². The van der Waals surface area contributed by atoms with Crippen LogP contribution in [0.15, 0.2) is 0 Å². The molecular formula is C7H14N2O5. The Labute approximate surface area is 82.0 Å². The molecule has 2 amide bonds. The Bertz CT molecular complexity index is 192. The highest BCUT2D eigenvalue weighted by molar-refractivity contribution is 5.75. The number of nitrogens with zero attached hydrogens (tertiary/aromatic N) is 2. The minimum atomic E-state index is -0.641. The molecule has 0 bridgehead atoms. The normalized spacial score (nSPS) is 27.6. The van der Waals surface area contributed by atoms with E-state index in [2.05, 4.69) is 0 Å². The van der Waals surface area contributed by atoms with Gasteiger partial charge < -0.3 is 9.47 Å². The lowest BCUT2D eigenvalue weighted by Gasteiger charge is -2.22. The van der Waals surface area contributed by atoms with Gasteiger partial charge in [-0.05, 0) is 0 Å². The zero-order valence-corrected chi connectivity index (χ0v) is 8.59. The summed E-state index contributed by atoms with van der Waals surface area (Å²) >= 11 is 0. The molecule has 1 aliphatic heterocycles. The van der Waals surface area contributed by atoms with Crippen LogP contribution in [0.5, 0.6) is 0 Å². The summed E-state index contributed by atoms with van der Waals surface area (Å²) in [6.07, 6.45) is -1.28. The van der Waals surface area contributed by atoms with Crippen molar-refractivity contribution in [1.29, 1.82) is 0 Å². The molecule has 0 spiro atoms. The zero-order chi connectivity index (χ0) is 10.7. The minimum absolute atomic E-state index is 0.464. The summed E-state index contributed by atoms with van der Waals surface area (Å²) in [5.41, 5.74) is 0. The molecule has 0 N–H and O–H groups in total. The van der Waals surface area contributed by atoms with Gasteiger partial charge in [0.25, 0.3) is 0 Å². The van der Waals surface area contributed by atoms with Gasteiger partial charge in [-0.2, -0.15) is 10.1 Å². The van der Waals surface area contributed by atoms with E-state index in [1.165, 1.54) is 28.4 Å². The molecule has 14 heavy (non-hydrogen) atoms. The first-order valence-electron chi connectivity index (χ1n) is 3.97. The lowest BCUT2D eigenvalue weighted by Crippen LogP contribution is -2.39. The number of carbonyl (C=O) groups excluding carboxylic acids is 1. The topological polar surface area (TPSA) is 60.5 Å². The molecule has 1 aliphatic rings. The van der Waals surface area contributed by atoms with E-state index in [9.17, 15) is 4.79 Å². The van der Waals surface area contributed by atoms with Gasteiger partial charge in [0, 0.05) is 14.2 Å². The number of methoxy groups -OCH3 is 2. The van der Waals surface area contributed by atoms with Crippen molar-refractivity contribution in [3.8, 4) is 0 Å². The number of amides is 2. The van der Waals surface area contributed by atoms with E-state index >= 15 is 0 Å². The molecule has 0 aromatic carbocycles. The molecule has 2 atom stereocenters. The number of hydrogen-bond donors (Lipinski definition) is 0. The number of ether oxygens (including phenoxy) is 2. The lowest BCUT2D eigenvalue weighted by molar-refractivity contribution is -0.232. The fraction of sp³-hybridized carbons (Fsp3) is 0.857. The second-order valence-corrected chi connectivity index (χ2v) is 2.55. The summed E-state index contributed by atoms with van der Waals surface area (Å²) < 4.78 is 10.1. The van der Waals surface area contributed by atoms with Crippen LogP contribution in [0.2, 0.25) is 0 Å². The van der Waals surface area contributed by atoms with Gasteiger partial charge in [0.05, 0.1) is 14.2 Å². The molecular weight excluding hydrogens is 192 g/mol. The largest absolute Gasteiger partial charge is 0.373 e. The van der Waals surface area contributed by atoms with Crippen molar-refractivity contribution >= 4 is 6.03 Å². The first-order chi connectivity index (χ1) is 6.71. The van der Waals surface area contributed by atoms with Crippen LogP contribution < -0.4 is 0 Å². The molecule has 1 saturated heterocycles. The molecule has 82 valence electrons. The van der Waals surface area contributed by atoms with Crippen molar-refractivity contribution < 1.29 is 23.9 Å². The molecule has 0 aromatic rings. The van der Waals surface area contributed by atoms with Gasteiger partial charge >= 0.3 is 6.03 Å². The Morgan fingerprint density at radius 3 is 1.50 bits per heavy atom. The second-order valence-electron chi connectivity index (χ2n) is 2.55. The molecule has 0 aromatic heterocycles. The van der Waals surface area contributed by atoms with Gasteiger partial charge in [0.1, 0.15) is 0 Å². The van der Waals surface area contributed by atoms with Crippen LogP contribution in [0.25, 0.3) is 0 Å². The fourth-order valence-corrected chi connectivity index (χ4v) is 1.33. The van der Waals surface area contributed by atoms with Crippen LogP contribution in [-0.2, 0) is 19.1 Å². The predicted molar refractivity (Wildman–Crippen MR) is 44.7 cm³/mol. The number of hydroxylamine groups is 4. The Hall–Kier alpha value is -0.890. The van der Waals surface area contributed by atoms with Crippen molar-refractivity contribution in [2.45, 2.75) is 12.5 Å². The van der Waals surface area contributed by atoms with Crippen molar-refractivity contribution in [3.05, 3.63) is 0 Å². The predicted octanol–water partition coefficient (Wildman–Crippen LogP) is -0.208. The summed E-state index contributed by atoms with van der Waals surface area (Å²) in [5.74, 6) is 0. The Morgan fingerprint density at radius 2 is 1.29 bits per heavy atom. The van der Waals surface area contributed by atoms with E-state index in [0.29, 0.717) is 0 Å². The molecule has 0 radical (unpaired) electrons. The van der Waals surface area contributed by atoms with Gasteiger partial charge in [-0.1, -0.05) is 0 Å². The molecule has 1 rings (SSSR count). The average molecular weight is 206 g/mol. The summed E-state index contributed by atoms with van der Waals surface area (Å²) in [7, 11) is 5.65. The Balaban J connectivity index is 2.87. The molecule has 1 fully saturated rings.